The summed E-state index contributed by atoms with van der Waals surface area (Å²) < 4.78 is 19.7. The van der Waals surface area contributed by atoms with Gasteiger partial charge in [-0.1, -0.05) is 20.8 Å². The molecule has 8 heteroatoms. The summed E-state index contributed by atoms with van der Waals surface area (Å²) in [6.45, 7) is 15.7. The van der Waals surface area contributed by atoms with Gasteiger partial charge in [0.05, 0.1) is 17.7 Å². The Kier molecular flexibility index (Phi) is 7.63. The highest BCUT2D eigenvalue weighted by Crippen LogP contribution is 2.43. The number of carbonyl (C=O) groups is 1. The third-order valence-electron chi connectivity index (χ3n) is 6.23. The fourth-order valence-corrected chi connectivity index (χ4v) is 5.66. The van der Waals surface area contributed by atoms with Crippen LogP contribution in [-0.4, -0.2) is 37.4 Å². The molecule has 0 amide bonds. The summed E-state index contributed by atoms with van der Waals surface area (Å²) in [5, 5.41) is 9.46. The predicted molar refractivity (Wildman–Crippen MR) is 137 cm³/mol. The van der Waals surface area contributed by atoms with Crippen molar-refractivity contribution in [2.75, 3.05) is 0 Å². The molecule has 2 aromatic rings. The third kappa shape index (κ3) is 6.03. The second kappa shape index (κ2) is 10.00. The fourth-order valence-electron chi connectivity index (χ4n) is 4.50. The Hall–Kier alpha value is -2.89. The van der Waals surface area contributed by atoms with Crippen molar-refractivity contribution in [2.45, 2.75) is 84.9 Å². The van der Waals surface area contributed by atoms with Crippen molar-refractivity contribution in [3.63, 3.8) is 0 Å². The fraction of sp³-hybridized carbons (Fsp3) is 0.519. The predicted octanol–water partition coefficient (Wildman–Crippen LogP) is 4.37. The summed E-state index contributed by atoms with van der Waals surface area (Å²) >= 11 is 0. The largest absolute Gasteiger partial charge is 0.484 e. The molecule has 1 aliphatic heterocycles. The normalized spacial score (nSPS) is 19.9. The van der Waals surface area contributed by atoms with Crippen LogP contribution < -0.4 is 10.3 Å². The number of pyridine rings is 1. The van der Waals surface area contributed by atoms with Crippen LogP contribution in [0.25, 0.3) is 0 Å². The standard InChI is InChI=1S/C27H36N2O5Si/c1-17(30)32-25-24(20-13-19(16-28)9-10-21(20)33-27(25,5)6)29-12-11-18(15-23(29)31)14-22(26(2,3)4)34-35(7)8/h9-13,15,22,24-25,35H,14H2,1-8H3/t22?,24-,25+/m1/s1. The average Bonchev–Trinajstić information content (AvgIpc) is 2.73. The van der Waals surface area contributed by atoms with E-state index in [2.05, 4.69) is 39.9 Å². The van der Waals surface area contributed by atoms with Crippen LogP contribution >= 0.6 is 0 Å². The molecule has 0 bridgehead atoms. The van der Waals surface area contributed by atoms with Crippen molar-refractivity contribution in [3.05, 3.63) is 63.6 Å². The zero-order valence-corrected chi connectivity index (χ0v) is 23.1. The maximum atomic E-state index is 13.5. The number of fused-ring (bicyclic) bond motifs is 1. The summed E-state index contributed by atoms with van der Waals surface area (Å²) in [6, 6.07) is 10.1. The SMILES string of the molecule is CC(=O)O[C@H]1[C@H](n2ccc(CC(O[SiH](C)C)C(C)(C)C)cc2=O)c2cc(C#N)ccc2OC1(C)C. The summed E-state index contributed by atoms with van der Waals surface area (Å²) in [7, 11) is -1.27. The number of aromatic nitrogens is 1. The molecule has 0 saturated heterocycles. The Morgan fingerprint density at radius 1 is 1.26 bits per heavy atom. The number of esters is 1. The lowest BCUT2D eigenvalue weighted by Crippen LogP contribution is -2.54. The molecule has 0 N–H and O–H groups in total. The highest BCUT2D eigenvalue weighted by atomic mass is 28.3. The van der Waals surface area contributed by atoms with Crippen LogP contribution in [0.1, 0.15) is 64.3 Å². The van der Waals surface area contributed by atoms with E-state index in [1.807, 2.05) is 19.9 Å². The number of hydrogen-bond acceptors (Lipinski definition) is 6. The van der Waals surface area contributed by atoms with Gasteiger partial charge in [-0.15, -0.1) is 0 Å². The first-order valence-electron chi connectivity index (χ1n) is 12.0. The number of nitriles is 1. The molecule has 35 heavy (non-hydrogen) atoms. The number of benzene rings is 1. The van der Waals surface area contributed by atoms with Crippen molar-refractivity contribution in [1.29, 1.82) is 5.26 Å². The van der Waals surface area contributed by atoms with Gasteiger partial charge in [0, 0.05) is 24.8 Å². The van der Waals surface area contributed by atoms with Gasteiger partial charge in [-0.2, -0.15) is 5.26 Å². The minimum Gasteiger partial charge on any atom is -0.484 e. The van der Waals surface area contributed by atoms with Crippen molar-refractivity contribution in [1.82, 2.24) is 4.57 Å². The molecule has 0 aliphatic carbocycles. The van der Waals surface area contributed by atoms with E-state index < -0.39 is 32.8 Å². The first-order valence-corrected chi connectivity index (χ1v) is 14.8. The summed E-state index contributed by atoms with van der Waals surface area (Å²) in [6.07, 6.45) is 1.60. The van der Waals surface area contributed by atoms with Crippen LogP contribution in [0.5, 0.6) is 5.75 Å². The van der Waals surface area contributed by atoms with E-state index in [0.717, 1.165) is 5.56 Å². The second-order valence-corrected chi connectivity index (χ2v) is 13.4. The Balaban J connectivity index is 2.10. The quantitative estimate of drug-likeness (QED) is 0.436. The molecule has 3 atom stereocenters. The Morgan fingerprint density at radius 3 is 2.49 bits per heavy atom. The maximum absolute atomic E-state index is 13.5. The van der Waals surface area contributed by atoms with E-state index in [4.69, 9.17) is 13.9 Å². The van der Waals surface area contributed by atoms with Crippen LogP contribution in [-0.2, 0) is 20.4 Å². The topological polar surface area (TPSA) is 90.5 Å². The van der Waals surface area contributed by atoms with Gasteiger partial charge in [-0.25, -0.2) is 0 Å². The molecule has 2 heterocycles. The molecule has 1 unspecified atom stereocenters. The number of carbonyl (C=O) groups excluding carboxylic acids is 1. The second-order valence-electron chi connectivity index (χ2n) is 11.1. The lowest BCUT2D eigenvalue weighted by atomic mass is 9.84. The van der Waals surface area contributed by atoms with Crippen LogP contribution in [0, 0.1) is 16.7 Å². The molecule has 1 aromatic carbocycles. The van der Waals surface area contributed by atoms with E-state index in [0.29, 0.717) is 23.3 Å². The van der Waals surface area contributed by atoms with Crippen LogP contribution in [0.2, 0.25) is 13.1 Å². The smallest absolute Gasteiger partial charge is 0.303 e. The van der Waals surface area contributed by atoms with Gasteiger partial charge in [0.25, 0.3) is 5.56 Å². The molecular weight excluding hydrogens is 460 g/mol. The summed E-state index contributed by atoms with van der Waals surface area (Å²) in [5.41, 5.74) is 0.775. The lowest BCUT2D eigenvalue weighted by molar-refractivity contribution is -0.163. The number of ether oxygens (including phenoxy) is 2. The van der Waals surface area contributed by atoms with Crippen LogP contribution in [0.3, 0.4) is 0 Å². The molecular formula is C27H36N2O5Si. The minimum atomic E-state index is -1.27. The van der Waals surface area contributed by atoms with E-state index in [1.165, 1.54) is 6.92 Å². The van der Waals surface area contributed by atoms with Crippen molar-refractivity contribution in [3.8, 4) is 11.8 Å². The van der Waals surface area contributed by atoms with Gasteiger partial charge in [0.2, 0.25) is 0 Å². The Labute approximate surface area is 209 Å². The molecule has 0 saturated carbocycles. The summed E-state index contributed by atoms with van der Waals surface area (Å²) in [4.78, 5) is 25.5. The molecule has 7 nitrogen and oxygen atoms in total. The molecule has 0 radical (unpaired) electrons. The highest BCUT2D eigenvalue weighted by Gasteiger charge is 2.47. The molecule has 3 rings (SSSR count). The average molecular weight is 497 g/mol. The van der Waals surface area contributed by atoms with E-state index in [-0.39, 0.29) is 17.1 Å². The first-order chi connectivity index (χ1) is 16.2. The van der Waals surface area contributed by atoms with Gasteiger partial charge < -0.3 is 18.5 Å². The van der Waals surface area contributed by atoms with E-state index in [1.54, 1.807) is 35.0 Å². The zero-order valence-electron chi connectivity index (χ0n) is 21.9. The summed E-state index contributed by atoms with van der Waals surface area (Å²) in [5.74, 6) is 0.0886. The van der Waals surface area contributed by atoms with Crippen LogP contribution in [0.4, 0.5) is 0 Å². The van der Waals surface area contributed by atoms with Gasteiger partial charge in [0.1, 0.15) is 17.4 Å². The van der Waals surface area contributed by atoms with Crippen LogP contribution in [0.15, 0.2) is 41.3 Å². The molecule has 1 aromatic heterocycles. The van der Waals surface area contributed by atoms with E-state index in [9.17, 15) is 14.9 Å². The third-order valence-corrected chi connectivity index (χ3v) is 7.10. The van der Waals surface area contributed by atoms with E-state index >= 15 is 0 Å². The molecule has 0 fully saturated rings. The monoisotopic (exact) mass is 496 g/mol. The van der Waals surface area contributed by atoms with Gasteiger partial charge in [-0.3, -0.25) is 9.59 Å². The number of rotatable bonds is 6. The van der Waals surface area contributed by atoms with Gasteiger partial charge in [-0.05, 0) is 68.6 Å². The zero-order chi connectivity index (χ0) is 26.1. The Morgan fingerprint density at radius 2 is 1.94 bits per heavy atom. The molecule has 0 spiro atoms. The number of hydrogen-bond donors (Lipinski definition) is 0. The first kappa shape index (κ1) is 26.7. The molecule has 1 aliphatic rings. The van der Waals surface area contributed by atoms with Gasteiger partial charge in [0.15, 0.2) is 15.1 Å². The number of nitrogens with zero attached hydrogens (tertiary/aromatic N) is 2. The lowest BCUT2D eigenvalue weighted by Gasteiger charge is -2.44. The molecule has 188 valence electrons. The van der Waals surface area contributed by atoms with Crippen molar-refractivity contribution < 1.29 is 18.7 Å². The van der Waals surface area contributed by atoms with Gasteiger partial charge >= 0.3 is 5.97 Å². The minimum absolute atomic E-state index is 0.000798. The van der Waals surface area contributed by atoms with Crippen molar-refractivity contribution >= 4 is 15.0 Å². The Bertz CT molecular complexity index is 1190. The maximum Gasteiger partial charge on any atom is 0.303 e. The highest BCUT2D eigenvalue weighted by molar-refractivity contribution is 6.48. The van der Waals surface area contributed by atoms with Crippen molar-refractivity contribution in [2.24, 2.45) is 5.41 Å².